The zero-order valence-electron chi connectivity index (χ0n) is 23.6. The Morgan fingerprint density at radius 2 is 1.31 bits per heavy atom. The van der Waals surface area contributed by atoms with Crippen LogP contribution in [0.3, 0.4) is 0 Å². The van der Waals surface area contributed by atoms with Crippen LogP contribution in [-0.4, -0.2) is 48.3 Å². The van der Waals surface area contributed by atoms with Gasteiger partial charge in [-0.25, -0.2) is 0 Å². The maximum atomic E-state index is 13.7. The van der Waals surface area contributed by atoms with Crippen LogP contribution in [0.2, 0.25) is 0 Å². The third kappa shape index (κ3) is 4.95. The Bertz CT molecular complexity index is 1420. The molecule has 216 valence electrons. The number of carbonyl (C=O) groups excluding carboxylic acids is 4. The molecule has 8 nitrogen and oxygen atoms in total. The number of likely N-dealkylation sites (tertiary alicyclic amines) is 1. The highest BCUT2D eigenvalue weighted by Crippen LogP contribution is 2.60. The molecule has 1 N–H and O–H groups in total. The van der Waals surface area contributed by atoms with Crippen molar-refractivity contribution in [3.05, 3.63) is 95.1 Å². The summed E-state index contributed by atoms with van der Waals surface area (Å²) < 4.78 is 10.6. The number of nitrogens with zero attached hydrogens (tertiary/aromatic N) is 1. The highest BCUT2D eigenvalue weighted by Gasteiger charge is 2.61. The minimum atomic E-state index is -0.463. The monoisotopic (exact) mass is 566 g/mol. The molecule has 3 aromatic rings. The lowest BCUT2D eigenvalue weighted by atomic mass is 9.55. The molecule has 2 bridgehead atoms. The number of ether oxygens (including phenoxy) is 2. The molecule has 2 atom stereocenters. The van der Waals surface area contributed by atoms with E-state index >= 15 is 0 Å². The fourth-order valence-electron chi connectivity index (χ4n) is 6.93. The molecule has 3 amide bonds. The minimum absolute atomic E-state index is 0.0830. The van der Waals surface area contributed by atoms with E-state index in [4.69, 9.17) is 9.47 Å². The maximum absolute atomic E-state index is 13.7. The van der Waals surface area contributed by atoms with Crippen molar-refractivity contribution in [2.24, 2.45) is 11.8 Å². The van der Waals surface area contributed by atoms with E-state index in [2.05, 4.69) is 29.6 Å². The SMILES string of the molecule is CCOc1ccccc1NC(=O)COC(=O)CCCCCN1C(=O)[C@@H]2C3c4ccccc4C(c4ccccc43)[C@@H]2C1=O. The standard InChI is InChI=1S/C34H34N2O6/c1-2-41-26-17-10-9-16-25(26)35-27(37)20-42-28(38)18-4-3-11-19-36-33(39)31-29-21-12-5-6-13-22(21)30(32(31)34(36)40)24-15-8-7-14-23(24)29/h5-10,12-17,29-32H,2-4,11,18-20H2,1H3,(H,35,37)/t29?,30?,31-,32+. The lowest BCUT2D eigenvalue weighted by Crippen LogP contribution is -2.41. The molecule has 0 unspecified atom stereocenters. The van der Waals surface area contributed by atoms with E-state index in [1.165, 1.54) is 4.90 Å². The second kappa shape index (κ2) is 11.8. The Labute approximate surface area is 245 Å². The van der Waals surface area contributed by atoms with E-state index in [0.29, 0.717) is 43.9 Å². The number of amides is 3. The van der Waals surface area contributed by atoms with Crippen LogP contribution in [0.1, 0.15) is 66.7 Å². The van der Waals surface area contributed by atoms with Crippen molar-refractivity contribution in [2.45, 2.75) is 44.4 Å². The lowest BCUT2D eigenvalue weighted by Gasteiger charge is -2.45. The number of hydrogen-bond acceptors (Lipinski definition) is 6. The van der Waals surface area contributed by atoms with Gasteiger partial charge >= 0.3 is 5.97 Å². The molecule has 1 aliphatic heterocycles. The maximum Gasteiger partial charge on any atom is 0.306 e. The van der Waals surface area contributed by atoms with Crippen LogP contribution >= 0.6 is 0 Å². The number of rotatable bonds is 11. The molecule has 0 saturated carbocycles. The number of anilines is 1. The van der Waals surface area contributed by atoms with Gasteiger partial charge in [-0.1, -0.05) is 67.1 Å². The molecule has 3 aromatic carbocycles. The van der Waals surface area contributed by atoms with Crippen LogP contribution in [0.4, 0.5) is 5.69 Å². The Kier molecular flexibility index (Phi) is 7.78. The van der Waals surface area contributed by atoms with Gasteiger partial charge in [-0.15, -0.1) is 0 Å². The second-order valence-electron chi connectivity index (χ2n) is 11.0. The summed E-state index contributed by atoms with van der Waals surface area (Å²) >= 11 is 0. The largest absolute Gasteiger partial charge is 0.492 e. The van der Waals surface area contributed by atoms with Crippen LogP contribution in [-0.2, 0) is 23.9 Å². The number of hydrogen-bond donors (Lipinski definition) is 1. The molecule has 1 saturated heterocycles. The zero-order valence-corrected chi connectivity index (χ0v) is 23.6. The summed E-state index contributed by atoms with van der Waals surface area (Å²) in [6.07, 6.45) is 1.96. The highest BCUT2D eigenvalue weighted by atomic mass is 16.5. The van der Waals surface area contributed by atoms with Crippen LogP contribution in [0.25, 0.3) is 0 Å². The van der Waals surface area contributed by atoms with Gasteiger partial charge in [-0.2, -0.15) is 0 Å². The van der Waals surface area contributed by atoms with Gasteiger partial charge in [-0.05, 0) is 54.2 Å². The first-order valence-corrected chi connectivity index (χ1v) is 14.7. The van der Waals surface area contributed by atoms with Gasteiger partial charge in [-0.3, -0.25) is 24.1 Å². The molecular formula is C34H34N2O6. The Hall–Kier alpha value is -4.46. The van der Waals surface area contributed by atoms with Crippen molar-refractivity contribution in [1.82, 2.24) is 4.90 Å². The van der Waals surface area contributed by atoms with Crippen LogP contribution in [0.15, 0.2) is 72.8 Å². The van der Waals surface area contributed by atoms with Crippen molar-refractivity contribution in [3.63, 3.8) is 0 Å². The fraction of sp³-hybridized carbons (Fsp3) is 0.353. The van der Waals surface area contributed by atoms with E-state index in [9.17, 15) is 19.2 Å². The topological polar surface area (TPSA) is 102 Å². The predicted molar refractivity (Wildman–Crippen MR) is 156 cm³/mol. The molecule has 42 heavy (non-hydrogen) atoms. The van der Waals surface area contributed by atoms with Gasteiger partial charge in [0.05, 0.1) is 24.1 Å². The van der Waals surface area contributed by atoms with Crippen LogP contribution in [0, 0.1) is 11.8 Å². The number of imide groups is 1. The molecule has 1 fully saturated rings. The lowest BCUT2D eigenvalue weighted by molar-refractivity contribution is -0.147. The summed E-state index contributed by atoms with van der Waals surface area (Å²) in [7, 11) is 0. The van der Waals surface area contributed by atoms with Gasteiger partial charge < -0.3 is 14.8 Å². The van der Waals surface area contributed by atoms with Gasteiger partial charge in [0.1, 0.15) is 5.75 Å². The molecule has 1 heterocycles. The van der Waals surface area contributed by atoms with E-state index in [0.717, 1.165) is 22.3 Å². The smallest absolute Gasteiger partial charge is 0.306 e. The van der Waals surface area contributed by atoms with Crippen molar-refractivity contribution >= 4 is 29.4 Å². The Morgan fingerprint density at radius 3 is 1.88 bits per heavy atom. The summed E-state index contributed by atoms with van der Waals surface area (Å²) in [5.74, 6) is -1.46. The summed E-state index contributed by atoms with van der Waals surface area (Å²) in [5.41, 5.74) is 5.17. The summed E-state index contributed by atoms with van der Waals surface area (Å²) in [5, 5.41) is 2.70. The van der Waals surface area contributed by atoms with E-state index in [1.54, 1.807) is 18.2 Å². The van der Waals surface area contributed by atoms with Crippen molar-refractivity contribution in [2.75, 3.05) is 25.1 Å². The number of unbranched alkanes of at least 4 members (excludes halogenated alkanes) is 2. The number of nitrogens with one attached hydrogen (secondary N) is 1. The number of carbonyl (C=O) groups is 4. The second-order valence-corrected chi connectivity index (χ2v) is 11.0. The molecule has 3 aliphatic carbocycles. The third-order valence-electron chi connectivity index (χ3n) is 8.63. The molecule has 0 radical (unpaired) electrons. The van der Waals surface area contributed by atoms with Gasteiger partial charge in [0, 0.05) is 24.8 Å². The summed E-state index contributed by atoms with van der Waals surface area (Å²) in [6.45, 7) is 2.28. The number of benzene rings is 3. The Balaban J connectivity index is 0.987. The third-order valence-corrected chi connectivity index (χ3v) is 8.63. The van der Waals surface area contributed by atoms with Crippen LogP contribution < -0.4 is 10.1 Å². The first-order valence-electron chi connectivity index (χ1n) is 14.7. The average molecular weight is 567 g/mol. The van der Waals surface area contributed by atoms with E-state index < -0.39 is 11.9 Å². The minimum Gasteiger partial charge on any atom is -0.492 e. The number of esters is 1. The van der Waals surface area contributed by atoms with Crippen molar-refractivity contribution in [3.8, 4) is 5.75 Å². The van der Waals surface area contributed by atoms with Gasteiger partial charge in [0.25, 0.3) is 5.91 Å². The van der Waals surface area contributed by atoms with Crippen molar-refractivity contribution in [1.29, 1.82) is 0 Å². The van der Waals surface area contributed by atoms with E-state index in [-0.39, 0.29) is 48.5 Å². The first kappa shape index (κ1) is 27.7. The highest BCUT2D eigenvalue weighted by molar-refractivity contribution is 6.07. The molecular weight excluding hydrogens is 532 g/mol. The summed E-state index contributed by atoms with van der Waals surface area (Å²) in [6, 6.07) is 23.5. The van der Waals surface area contributed by atoms with Crippen molar-refractivity contribution < 1.29 is 28.7 Å². The van der Waals surface area contributed by atoms with Crippen LogP contribution in [0.5, 0.6) is 5.75 Å². The average Bonchev–Trinajstić information content (AvgIpc) is 3.26. The molecule has 8 heteroatoms. The summed E-state index contributed by atoms with van der Waals surface area (Å²) in [4.78, 5) is 53.2. The van der Waals surface area contributed by atoms with Gasteiger partial charge in [0.2, 0.25) is 11.8 Å². The fourth-order valence-corrected chi connectivity index (χ4v) is 6.93. The Morgan fingerprint density at radius 1 is 0.762 bits per heavy atom. The normalized spacial score (nSPS) is 21.4. The first-order chi connectivity index (χ1) is 20.5. The molecule has 0 spiro atoms. The predicted octanol–water partition coefficient (Wildman–Crippen LogP) is 5.02. The van der Waals surface area contributed by atoms with Gasteiger partial charge in [0.15, 0.2) is 6.61 Å². The zero-order chi connectivity index (χ0) is 29.2. The van der Waals surface area contributed by atoms with E-state index in [1.807, 2.05) is 37.3 Å². The molecule has 4 aliphatic rings. The molecule has 0 aromatic heterocycles. The molecule has 7 rings (SSSR count). The quantitative estimate of drug-likeness (QED) is 0.199. The number of para-hydroxylation sites is 2.